The Morgan fingerprint density at radius 2 is 2.12 bits per heavy atom. The number of carboxylic acid groups (broad SMARTS) is 1. The van der Waals surface area contributed by atoms with Gasteiger partial charge in [-0.1, -0.05) is 18.2 Å². The normalized spacial score (nSPS) is 15.5. The Bertz CT molecular complexity index is 431. The molecular formula is C11H12N2O3. The van der Waals surface area contributed by atoms with Crippen LogP contribution >= 0.6 is 0 Å². The fourth-order valence-corrected chi connectivity index (χ4v) is 1.77. The molecule has 0 bridgehead atoms. The van der Waals surface area contributed by atoms with E-state index in [4.69, 9.17) is 5.11 Å². The van der Waals surface area contributed by atoms with Crippen molar-refractivity contribution in [1.82, 2.24) is 5.32 Å². The summed E-state index contributed by atoms with van der Waals surface area (Å²) in [6.07, 6.45) is 0. The van der Waals surface area contributed by atoms with Crippen molar-refractivity contribution < 1.29 is 14.7 Å². The monoisotopic (exact) mass is 220 g/mol. The molecule has 5 heteroatoms. The zero-order chi connectivity index (χ0) is 11.5. The van der Waals surface area contributed by atoms with Gasteiger partial charge in [-0.05, 0) is 11.6 Å². The van der Waals surface area contributed by atoms with Gasteiger partial charge >= 0.3 is 5.97 Å². The van der Waals surface area contributed by atoms with Gasteiger partial charge in [-0.25, -0.2) is 0 Å². The van der Waals surface area contributed by atoms with Crippen LogP contribution in [-0.4, -0.2) is 30.1 Å². The number of anilines is 1. The summed E-state index contributed by atoms with van der Waals surface area (Å²) in [6, 6.07) is 7.32. The molecule has 0 atom stereocenters. The zero-order valence-corrected chi connectivity index (χ0v) is 8.64. The van der Waals surface area contributed by atoms with Crippen molar-refractivity contribution in [1.29, 1.82) is 0 Å². The fraction of sp³-hybridized carbons (Fsp3) is 0.273. The first-order valence-corrected chi connectivity index (χ1v) is 4.99. The van der Waals surface area contributed by atoms with E-state index < -0.39 is 5.97 Å². The maximum Gasteiger partial charge on any atom is 0.323 e. The molecule has 1 amide bonds. The second-order valence-corrected chi connectivity index (χ2v) is 3.61. The van der Waals surface area contributed by atoms with Crippen LogP contribution in [0.25, 0.3) is 0 Å². The van der Waals surface area contributed by atoms with Crippen LogP contribution in [0.15, 0.2) is 24.3 Å². The number of hydrogen-bond acceptors (Lipinski definition) is 3. The van der Waals surface area contributed by atoms with E-state index in [1.54, 1.807) is 12.1 Å². The Morgan fingerprint density at radius 1 is 1.38 bits per heavy atom. The minimum absolute atomic E-state index is 0.169. The summed E-state index contributed by atoms with van der Waals surface area (Å²) in [6.45, 7) is 0.456. The number of para-hydroxylation sites is 1. The second-order valence-electron chi connectivity index (χ2n) is 3.61. The number of carbonyl (C=O) groups excluding carboxylic acids is 1. The lowest BCUT2D eigenvalue weighted by Crippen LogP contribution is -2.39. The summed E-state index contributed by atoms with van der Waals surface area (Å²) in [4.78, 5) is 23.7. The van der Waals surface area contributed by atoms with Gasteiger partial charge in [0.15, 0.2) is 0 Å². The number of carboxylic acids is 1. The standard InChI is InChI=1S/C11H12N2O3/c14-10-6-12-5-8-3-1-2-4-9(8)13(10)7-11(15)16/h1-4,12H,5-7H2,(H,15,16). The molecule has 84 valence electrons. The molecule has 0 spiro atoms. The lowest BCUT2D eigenvalue weighted by Gasteiger charge is -2.20. The third kappa shape index (κ3) is 2.04. The summed E-state index contributed by atoms with van der Waals surface area (Å²) in [5.74, 6) is -1.22. The van der Waals surface area contributed by atoms with E-state index in [1.165, 1.54) is 4.90 Å². The summed E-state index contributed by atoms with van der Waals surface area (Å²) in [5.41, 5.74) is 1.62. The van der Waals surface area contributed by atoms with Gasteiger partial charge in [-0.15, -0.1) is 0 Å². The van der Waals surface area contributed by atoms with Gasteiger partial charge in [0.05, 0.1) is 6.54 Å². The largest absolute Gasteiger partial charge is 0.480 e. The van der Waals surface area contributed by atoms with Gasteiger partial charge < -0.3 is 10.4 Å². The Balaban J connectivity index is 2.39. The number of nitrogens with zero attached hydrogens (tertiary/aromatic N) is 1. The minimum atomic E-state index is -1.01. The highest BCUT2D eigenvalue weighted by atomic mass is 16.4. The molecule has 0 aliphatic carbocycles. The molecule has 0 saturated carbocycles. The van der Waals surface area contributed by atoms with Crippen molar-refractivity contribution in [3.8, 4) is 0 Å². The first-order chi connectivity index (χ1) is 7.68. The molecule has 0 fully saturated rings. The van der Waals surface area contributed by atoms with Crippen molar-refractivity contribution in [2.24, 2.45) is 0 Å². The molecule has 1 aliphatic rings. The lowest BCUT2D eigenvalue weighted by molar-refractivity contribution is -0.136. The molecular weight excluding hydrogens is 208 g/mol. The van der Waals surface area contributed by atoms with Gasteiger partial charge in [0.2, 0.25) is 5.91 Å². The van der Waals surface area contributed by atoms with Crippen molar-refractivity contribution in [3.63, 3.8) is 0 Å². The number of rotatable bonds is 2. The molecule has 2 rings (SSSR count). The van der Waals surface area contributed by atoms with E-state index in [-0.39, 0.29) is 19.0 Å². The number of carbonyl (C=O) groups is 2. The predicted octanol–water partition coefficient (Wildman–Crippen LogP) is 0.207. The molecule has 16 heavy (non-hydrogen) atoms. The van der Waals surface area contributed by atoms with Crippen LogP contribution in [0.2, 0.25) is 0 Å². The summed E-state index contributed by atoms with van der Waals surface area (Å²) >= 11 is 0. The molecule has 2 N–H and O–H groups in total. The van der Waals surface area contributed by atoms with Crippen molar-refractivity contribution in [2.75, 3.05) is 18.0 Å². The van der Waals surface area contributed by atoms with Crippen molar-refractivity contribution in [3.05, 3.63) is 29.8 Å². The van der Waals surface area contributed by atoms with E-state index >= 15 is 0 Å². The first-order valence-electron chi connectivity index (χ1n) is 4.99. The Kier molecular flexibility index (Phi) is 2.87. The van der Waals surface area contributed by atoms with E-state index in [9.17, 15) is 9.59 Å². The van der Waals surface area contributed by atoms with Gasteiger partial charge in [0.1, 0.15) is 6.54 Å². The van der Waals surface area contributed by atoms with Crippen LogP contribution in [0.3, 0.4) is 0 Å². The number of aliphatic carboxylic acids is 1. The van der Waals surface area contributed by atoms with Crippen LogP contribution in [0.5, 0.6) is 0 Å². The molecule has 0 unspecified atom stereocenters. The molecule has 0 saturated heterocycles. The van der Waals surface area contributed by atoms with Crippen LogP contribution in [-0.2, 0) is 16.1 Å². The average molecular weight is 220 g/mol. The highest BCUT2D eigenvalue weighted by molar-refractivity contribution is 5.99. The van der Waals surface area contributed by atoms with Crippen molar-refractivity contribution in [2.45, 2.75) is 6.54 Å². The Labute approximate surface area is 92.7 Å². The summed E-state index contributed by atoms with van der Waals surface area (Å²) in [5, 5.41) is 11.8. The number of hydrogen-bond donors (Lipinski definition) is 2. The maximum atomic E-state index is 11.7. The van der Waals surface area contributed by atoms with Crippen LogP contribution in [0.1, 0.15) is 5.56 Å². The highest BCUT2D eigenvalue weighted by Gasteiger charge is 2.23. The fourth-order valence-electron chi connectivity index (χ4n) is 1.77. The smallest absolute Gasteiger partial charge is 0.323 e. The number of amides is 1. The van der Waals surface area contributed by atoms with Crippen LogP contribution in [0.4, 0.5) is 5.69 Å². The third-order valence-electron chi connectivity index (χ3n) is 2.47. The topological polar surface area (TPSA) is 69.6 Å². The second kappa shape index (κ2) is 4.32. The number of benzene rings is 1. The quantitative estimate of drug-likeness (QED) is 0.747. The Hall–Kier alpha value is -1.88. The van der Waals surface area contributed by atoms with Gasteiger partial charge in [0.25, 0.3) is 0 Å². The zero-order valence-electron chi connectivity index (χ0n) is 8.64. The summed E-state index contributed by atoms with van der Waals surface area (Å²) < 4.78 is 0. The SMILES string of the molecule is O=C(O)CN1C(=O)CNCc2ccccc21. The Morgan fingerprint density at radius 3 is 2.88 bits per heavy atom. The van der Waals surface area contributed by atoms with Gasteiger partial charge in [-0.2, -0.15) is 0 Å². The van der Waals surface area contributed by atoms with Gasteiger partial charge in [-0.3, -0.25) is 14.5 Å². The minimum Gasteiger partial charge on any atom is -0.480 e. The molecule has 1 aromatic rings. The molecule has 0 aromatic heterocycles. The third-order valence-corrected chi connectivity index (χ3v) is 2.47. The van der Waals surface area contributed by atoms with E-state index in [0.717, 1.165) is 5.56 Å². The molecule has 0 radical (unpaired) electrons. The highest BCUT2D eigenvalue weighted by Crippen LogP contribution is 2.22. The summed E-state index contributed by atoms with van der Waals surface area (Å²) in [7, 11) is 0. The van der Waals surface area contributed by atoms with Crippen LogP contribution < -0.4 is 10.2 Å². The van der Waals surface area contributed by atoms with Crippen LogP contribution in [0, 0.1) is 0 Å². The molecule has 5 nitrogen and oxygen atoms in total. The molecule has 1 aromatic carbocycles. The number of nitrogens with one attached hydrogen (secondary N) is 1. The lowest BCUT2D eigenvalue weighted by atomic mass is 10.1. The van der Waals surface area contributed by atoms with E-state index in [2.05, 4.69) is 5.32 Å². The molecule has 1 aliphatic heterocycles. The van der Waals surface area contributed by atoms with E-state index in [1.807, 2.05) is 12.1 Å². The average Bonchev–Trinajstić information content (AvgIpc) is 2.40. The first kappa shape index (κ1) is 10.6. The number of fused-ring (bicyclic) bond motifs is 1. The maximum absolute atomic E-state index is 11.7. The molecule has 1 heterocycles. The predicted molar refractivity (Wildman–Crippen MR) is 58.1 cm³/mol. The van der Waals surface area contributed by atoms with Gasteiger partial charge in [0, 0.05) is 12.2 Å². The van der Waals surface area contributed by atoms with Crippen molar-refractivity contribution >= 4 is 17.6 Å². The van der Waals surface area contributed by atoms with E-state index in [0.29, 0.717) is 12.2 Å².